The molecule has 0 spiro atoms. The molecule has 0 saturated heterocycles. The molecular weight excluding hydrogens is 380 g/mol. The van der Waals surface area contributed by atoms with Crippen molar-refractivity contribution in [1.82, 2.24) is 5.32 Å². The molecule has 2 aromatic carbocycles. The Balaban J connectivity index is 1.87. The van der Waals surface area contributed by atoms with Crippen LogP contribution in [0.3, 0.4) is 0 Å². The number of nitrogens with zero attached hydrogens (tertiary/aromatic N) is 1. The molecule has 1 amide bonds. The Hall–Kier alpha value is -1.99. The smallest absolute Gasteiger partial charge is 0.240 e. The van der Waals surface area contributed by atoms with E-state index < -0.39 is 10.0 Å². The van der Waals surface area contributed by atoms with Crippen molar-refractivity contribution in [3.63, 3.8) is 0 Å². The Morgan fingerprint density at radius 2 is 1.70 bits per heavy atom. The maximum absolute atomic E-state index is 12.3. The number of aryl methyl sites for hydroxylation is 2. The number of carbonyl (C=O) groups excluding carboxylic acids is 1. The number of hydrogen-bond donors (Lipinski definition) is 1. The number of sulfonamides is 1. The lowest BCUT2D eigenvalue weighted by molar-refractivity contribution is -0.119. The average Bonchev–Trinajstić information content (AvgIpc) is 2.58. The zero-order valence-corrected chi connectivity index (χ0v) is 17.6. The van der Waals surface area contributed by atoms with Crippen LogP contribution in [0.1, 0.15) is 17.5 Å². The minimum atomic E-state index is -3.55. The van der Waals surface area contributed by atoms with Crippen molar-refractivity contribution in [1.29, 1.82) is 0 Å². The molecule has 5 nitrogen and oxygen atoms in total. The summed E-state index contributed by atoms with van der Waals surface area (Å²) in [5, 5.41) is 2.81. The maximum Gasteiger partial charge on any atom is 0.240 e. The van der Waals surface area contributed by atoms with Gasteiger partial charge >= 0.3 is 0 Å². The highest BCUT2D eigenvalue weighted by Crippen LogP contribution is 2.21. The van der Waals surface area contributed by atoms with Gasteiger partial charge in [-0.25, -0.2) is 8.42 Å². The Morgan fingerprint density at radius 3 is 2.30 bits per heavy atom. The molecule has 0 radical (unpaired) electrons. The first kappa shape index (κ1) is 21.3. The first-order valence-electron chi connectivity index (χ1n) is 8.76. The Bertz CT molecular complexity index is 848. The molecule has 0 aromatic heterocycles. The second kappa shape index (κ2) is 9.80. The third kappa shape index (κ3) is 7.27. The summed E-state index contributed by atoms with van der Waals surface area (Å²) in [5.74, 6) is 0.584. The zero-order valence-electron chi connectivity index (χ0n) is 15.9. The molecule has 0 unspecified atom stereocenters. The maximum atomic E-state index is 12.3. The normalized spacial score (nSPS) is 11.2. The van der Waals surface area contributed by atoms with E-state index in [1.165, 1.54) is 4.90 Å². The predicted octanol–water partition coefficient (Wildman–Crippen LogP) is 3.37. The molecule has 27 heavy (non-hydrogen) atoms. The largest absolute Gasteiger partial charge is 0.354 e. The fraction of sp³-hybridized carbons (Fsp3) is 0.350. The van der Waals surface area contributed by atoms with Gasteiger partial charge in [0.05, 0.1) is 11.9 Å². The fourth-order valence-corrected chi connectivity index (χ4v) is 4.40. The highest BCUT2D eigenvalue weighted by Gasteiger charge is 2.21. The van der Waals surface area contributed by atoms with Crippen molar-refractivity contribution in [2.24, 2.45) is 0 Å². The number of thioether (sulfide) groups is 1. The van der Waals surface area contributed by atoms with Crippen molar-refractivity contribution in [3.8, 4) is 0 Å². The SMILES string of the molecule is Cc1cc(C)cc(N(CC(=O)NCCCSc2ccccc2)S(C)(=O)=O)c1. The standard InChI is InChI=1S/C20H26N2O3S2/c1-16-12-17(2)14-18(13-16)22(27(3,24)25)15-20(23)21-10-7-11-26-19-8-5-4-6-9-19/h4-6,8-9,12-14H,7,10-11,15H2,1-3H3,(H,21,23). The third-order valence-electron chi connectivity index (χ3n) is 3.84. The molecule has 146 valence electrons. The summed E-state index contributed by atoms with van der Waals surface area (Å²) >= 11 is 1.73. The van der Waals surface area contributed by atoms with E-state index in [9.17, 15) is 13.2 Å². The van der Waals surface area contributed by atoms with E-state index >= 15 is 0 Å². The molecule has 2 rings (SSSR count). The number of carbonyl (C=O) groups is 1. The van der Waals surface area contributed by atoms with Gasteiger partial charge in [0.1, 0.15) is 6.54 Å². The molecule has 7 heteroatoms. The van der Waals surface area contributed by atoms with Gasteiger partial charge in [-0.1, -0.05) is 24.3 Å². The molecule has 0 aliphatic heterocycles. The number of rotatable bonds is 9. The topological polar surface area (TPSA) is 66.5 Å². The summed E-state index contributed by atoms with van der Waals surface area (Å²) in [4.78, 5) is 13.4. The monoisotopic (exact) mass is 406 g/mol. The second-order valence-corrected chi connectivity index (χ2v) is 9.56. The quantitative estimate of drug-likeness (QED) is 0.512. The van der Waals surface area contributed by atoms with Crippen LogP contribution < -0.4 is 9.62 Å². The van der Waals surface area contributed by atoms with Gasteiger partial charge in [-0.05, 0) is 61.4 Å². The van der Waals surface area contributed by atoms with Crippen LogP contribution in [0, 0.1) is 13.8 Å². The van der Waals surface area contributed by atoms with Crippen molar-refractivity contribution < 1.29 is 13.2 Å². The fourth-order valence-electron chi connectivity index (χ4n) is 2.69. The Labute approximate surface area is 166 Å². The van der Waals surface area contributed by atoms with Crippen LogP contribution in [0.5, 0.6) is 0 Å². The number of amides is 1. The van der Waals surface area contributed by atoms with Gasteiger partial charge in [0.15, 0.2) is 0 Å². The lowest BCUT2D eigenvalue weighted by Crippen LogP contribution is -2.40. The molecule has 0 aliphatic carbocycles. The summed E-state index contributed by atoms with van der Waals surface area (Å²) in [6.07, 6.45) is 1.93. The zero-order chi connectivity index (χ0) is 19.9. The van der Waals surface area contributed by atoms with Gasteiger partial charge in [-0.3, -0.25) is 9.10 Å². The Morgan fingerprint density at radius 1 is 1.07 bits per heavy atom. The molecule has 0 saturated carbocycles. The number of anilines is 1. The summed E-state index contributed by atoms with van der Waals surface area (Å²) < 4.78 is 25.5. The van der Waals surface area contributed by atoms with E-state index in [0.717, 1.165) is 33.9 Å². The van der Waals surface area contributed by atoms with Gasteiger partial charge in [-0.2, -0.15) is 0 Å². The predicted molar refractivity (Wildman–Crippen MR) is 113 cm³/mol. The second-order valence-electron chi connectivity index (χ2n) is 6.48. The van der Waals surface area contributed by atoms with Gasteiger partial charge in [0, 0.05) is 11.4 Å². The molecular formula is C20H26N2O3S2. The summed E-state index contributed by atoms with van der Waals surface area (Å²) in [6.45, 7) is 4.11. The van der Waals surface area contributed by atoms with Crippen molar-refractivity contribution >= 4 is 33.4 Å². The van der Waals surface area contributed by atoms with E-state index in [-0.39, 0.29) is 12.5 Å². The minimum Gasteiger partial charge on any atom is -0.354 e. The minimum absolute atomic E-state index is 0.215. The Kier molecular flexibility index (Phi) is 7.74. The van der Waals surface area contributed by atoms with E-state index in [4.69, 9.17) is 0 Å². The van der Waals surface area contributed by atoms with Crippen LogP contribution in [0.15, 0.2) is 53.4 Å². The van der Waals surface area contributed by atoms with Crippen LogP contribution in [-0.4, -0.2) is 39.4 Å². The molecule has 0 bridgehead atoms. The van der Waals surface area contributed by atoms with Crippen LogP contribution in [-0.2, 0) is 14.8 Å². The first-order chi connectivity index (χ1) is 12.8. The van der Waals surface area contributed by atoms with E-state index in [1.54, 1.807) is 23.9 Å². The lowest BCUT2D eigenvalue weighted by Gasteiger charge is -2.22. The number of nitrogens with one attached hydrogen (secondary N) is 1. The molecule has 0 fully saturated rings. The van der Waals surface area contributed by atoms with Crippen LogP contribution in [0.25, 0.3) is 0 Å². The van der Waals surface area contributed by atoms with Crippen molar-refractivity contribution in [3.05, 3.63) is 59.7 Å². The lowest BCUT2D eigenvalue weighted by atomic mass is 10.1. The van der Waals surface area contributed by atoms with Gasteiger partial charge in [0.25, 0.3) is 0 Å². The van der Waals surface area contributed by atoms with E-state index in [0.29, 0.717) is 12.2 Å². The molecule has 0 aliphatic rings. The van der Waals surface area contributed by atoms with Crippen LogP contribution in [0.4, 0.5) is 5.69 Å². The summed E-state index contributed by atoms with van der Waals surface area (Å²) in [7, 11) is -3.55. The third-order valence-corrected chi connectivity index (χ3v) is 6.08. The first-order valence-corrected chi connectivity index (χ1v) is 11.6. The highest BCUT2D eigenvalue weighted by atomic mass is 32.2. The van der Waals surface area contributed by atoms with Gasteiger partial charge < -0.3 is 5.32 Å². The van der Waals surface area contributed by atoms with Gasteiger partial charge in [0.2, 0.25) is 15.9 Å². The number of hydrogen-bond acceptors (Lipinski definition) is 4. The van der Waals surface area contributed by atoms with Gasteiger partial charge in [-0.15, -0.1) is 11.8 Å². The molecule has 0 atom stereocenters. The molecule has 0 heterocycles. The van der Waals surface area contributed by atoms with Crippen LogP contribution in [0.2, 0.25) is 0 Å². The summed E-state index contributed by atoms with van der Waals surface area (Å²) in [6, 6.07) is 15.6. The highest BCUT2D eigenvalue weighted by molar-refractivity contribution is 7.99. The van der Waals surface area contributed by atoms with Crippen molar-refractivity contribution in [2.45, 2.75) is 25.2 Å². The molecule has 1 N–H and O–H groups in total. The van der Waals surface area contributed by atoms with E-state index in [1.807, 2.05) is 38.1 Å². The average molecular weight is 407 g/mol. The number of benzene rings is 2. The summed E-state index contributed by atoms with van der Waals surface area (Å²) in [5.41, 5.74) is 2.43. The van der Waals surface area contributed by atoms with E-state index in [2.05, 4.69) is 17.4 Å². The van der Waals surface area contributed by atoms with Crippen molar-refractivity contribution in [2.75, 3.05) is 29.4 Å². The van der Waals surface area contributed by atoms with Crippen LogP contribution >= 0.6 is 11.8 Å². The molecule has 2 aromatic rings.